The normalized spacial score (nSPS) is 15.1. The number of urea groups is 1. The molecule has 190 valence electrons. The van der Waals surface area contributed by atoms with Gasteiger partial charge in [-0.1, -0.05) is 30.3 Å². The van der Waals surface area contributed by atoms with Crippen LogP contribution in [0.25, 0.3) is 0 Å². The Morgan fingerprint density at radius 3 is 2.20 bits per heavy atom. The Kier molecular flexibility index (Phi) is 9.93. The van der Waals surface area contributed by atoms with E-state index in [1.807, 2.05) is 61.5 Å². The fourth-order valence-electron chi connectivity index (χ4n) is 4.40. The van der Waals surface area contributed by atoms with Gasteiger partial charge in [0.05, 0.1) is 19.7 Å². The third-order valence-corrected chi connectivity index (χ3v) is 6.66. The number of ether oxygens (including phenoxy) is 3. The number of esters is 1. The molecule has 3 rings (SSSR count). The van der Waals surface area contributed by atoms with Crippen molar-refractivity contribution in [3.05, 3.63) is 60.2 Å². The van der Waals surface area contributed by atoms with Crippen LogP contribution in [0.5, 0.6) is 0 Å². The second-order valence-electron chi connectivity index (χ2n) is 8.83. The monoisotopic (exact) mass is 483 g/mol. The number of carbonyl (C=O) groups is 2. The van der Waals surface area contributed by atoms with Gasteiger partial charge < -0.3 is 29.3 Å². The molecule has 1 N–H and O–H groups in total. The summed E-state index contributed by atoms with van der Waals surface area (Å²) in [6.45, 7) is 4.06. The second kappa shape index (κ2) is 13.1. The number of benzene rings is 2. The van der Waals surface area contributed by atoms with Gasteiger partial charge in [-0.05, 0) is 55.5 Å². The van der Waals surface area contributed by atoms with Gasteiger partial charge in [-0.3, -0.25) is 4.79 Å². The first-order valence-electron chi connectivity index (χ1n) is 12.0. The average Bonchev–Trinajstić information content (AvgIpc) is 2.90. The lowest BCUT2D eigenvalue weighted by atomic mass is 9.93. The molecule has 0 aliphatic carbocycles. The fraction of sp³-hybridized carbons (Fsp3) is 0.481. The smallest absolute Gasteiger partial charge is 0.322 e. The van der Waals surface area contributed by atoms with E-state index in [4.69, 9.17) is 14.2 Å². The molecular formula is C27H37N3O5. The van der Waals surface area contributed by atoms with Crippen molar-refractivity contribution in [3.63, 3.8) is 0 Å². The summed E-state index contributed by atoms with van der Waals surface area (Å²) >= 11 is 0. The molecule has 0 saturated carbocycles. The van der Waals surface area contributed by atoms with Gasteiger partial charge in [0.2, 0.25) is 0 Å². The maximum atomic E-state index is 13.3. The molecule has 1 fully saturated rings. The minimum absolute atomic E-state index is 0.138. The van der Waals surface area contributed by atoms with Crippen LogP contribution in [-0.2, 0) is 19.0 Å². The summed E-state index contributed by atoms with van der Waals surface area (Å²) in [4.78, 5) is 28.8. The summed E-state index contributed by atoms with van der Waals surface area (Å²) in [7, 11) is 4.57. The minimum Gasteiger partial charge on any atom is -0.469 e. The second-order valence-corrected chi connectivity index (χ2v) is 8.83. The van der Waals surface area contributed by atoms with Crippen molar-refractivity contribution >= 4 is 23.4 Å². The molecule has 2 amide bonds. The number of anilines is 2. The summed E-state index contributed by atoms with van der Waals surface area (Å²) in [6.07, 6.45) is 1.87. The van der Waals surface area contributed by atoms with Gasteiger partial charge in [0, 0.05) is 45.1 Å². The molecule has 2 aromatic carbocycles. The van der Waals surface area contributed by atoms with E-state index in [0.29, 0.717) is 12.3 Å². The molecule has 0 bridgehead atoms. The van der Waals surface area contributed by atoms with Crippen LogP contribution in [0, 0.1) is 5.92 Å². The highest BCUT2D eigenvalue weighted by Crippen LogP contribution is 2.27. The molecule has 1 aliphatic heterocycles. The van der Waals surface area contributed by atoms with Crippen LogP contribution < -0.4 is 10.2 Å². The molecule has 2 aromatic rings. The number of piperidine rings is 1. The summed E-state index contributed by atoms with van der Waals surface area (Å²) in [6, 6.07) is 17.4. The first kappa shape index (κ1) is 26.5. The molecule has 8 nitrogen and oxygen atoms in total. The maximum absolute atomic E-state index is 13.3. The van der Waals surface area contributed by atoms with Crippen LogP contribution in [-0.4, -0.2) is 64.2 Å². The predicted molar refractivity (Wildman–Crippen MR) is 136 cm³/mol. The third-order valence-electron chi connectivity index (χ3n) is 6.66. The molecule has 1 atom stereocenters. The van der Waals surface area contributed by atoms with Crippen molar-refractivity contribution in [2.45, 2.75) is 38.5 Å². The van der Waals surface area contributed by atoms with Gasteiger partial charge in [-0.15, -0.1) is 0 Å². The molecule has 1 saturated heterocycles. The number of nitrogens with zero attached hydrogens (tertiary/aromatic N) is 2. The predicted octanol–water partition coefficient (Wildman–Crippen LogP) is 4.68. The van der Waals surface area contributed by atoms with E-state index in [1.165, 1.54) is 7.11 Å². The lowest BCUT2D eigenvalue weighted by Crippen LogP contribution is -2.43. The Morgan fingerprint density at radius 1 is 1.00 bits per heavy atom. The SMILES string of the molecule is COC(=O)CC1CCN(c2ccc(NC(=O)N(CC(OC)OC)C(C)c3ccccc3)cc2)CC1. The highest BCUT2D eigenvalue weighted by atomic mass is 16.7. The van der Waals surface area contributed by atoms with Gasteiger partial charge in [-0.25, -0.2) is 4.79 Å². The molecule has 0 radical (unpaired) electrons. The van der Waals surface area contributed by atoms with Gasteiger partial charge >= 0.3 is 12.0 Å². The molecule has 0 aromatic heterocycles. The van der Waals surface area contributed by atoms with Gasteiger partial charge in [0.1, 0.15) is 0 Å². The Bertz CT molecular complexity index is 926. The third kappa shape index (κ3) is 7.44. The summed E-state index contributed by atoms with van der Waals surface area (Å²) in [5, 5.41) is 3.02. The highest BCUT2D eigenvalue weighted by molar-refractivity contribution is 5.89. The summed E-state index contributed by atoms with van der Waals surface area (Å²) in [5.74, 6) is 0.236. The van der Waals surface area contributed by atoms with Crippen molar-refractivity contribution in [2.24, 2.45) is 5.92 Å². The number of carbonyl (C=O) groups excluding carboxylic acids is 2. The number of hydrogen-bond acceptors (Lipinski definition) is 6. The first-order chi connectivity index (χ1) is 16.9. The molecular weight excluding hydrogens is 446 g/mol. The van der Waals surface area contributed by atoms with Gasteiger partial charge in [-0.2, -0.15) is 0 Å². The van der Waals surface area contributed by atoms with E-state index >= 15 is 0 Å². The molecule has 1 heterocycles. The van der Waals surface area contributed by atoms with E-state index in [1.54, 1.807) is 19.1 Å². The Hall–Kier alpha value is -3.10. The van der Waals surface area contributed by atoms with E-state index in [0.717, 1.165) is 42.9 Å². The van der Waals surface area contributed by atoms with Gasteiger partial charge in [0.15, 0.2) is 6.29 Å². The maximum Gasteiger partial charge on any atom is 0.322 e. The van der Waals surface area contributed by atoms with Crippen molar-refractivity contribution < 1.29 is 23.8 Å². The number of hydrogen-bond donors (Lipinski definition) is 1. The fourth-order valence-corrected chi connectivity index (χ4v) is 4.40. The van der Waals surface area contributed by atoms with Crippen molar-refractivity contribution in [2.75, 3.05) is 51.2 Å². The van der Waals surface area contributed by atoms with E-state index < -0.39 is 6.29 Å². The zero-order chi connectivity index (χ0) is 25.2. The summed E-state index contributed by atoms with van der Waals surface area (Å²) < 4.78 is 15.5. The number of methoxy groups -OCH3 is 3. The van der Waals surface area contributed by atoms with E-state index in [-0.39, 0.29) is 24.6 Å². The average molecular weight is 484 g/mol. The Morgan fingerprint density at radius 2 is 1.63 bits per heavy atom. The molecule has 0 spiro atoms. The van der Waals surface area contributed by atoms with E-state index in [9.17, 15) is 9.59 Å². The highest BCUT2D eigenvalue weighted by Gasteiger charge is 2.26. The first-order valence-corrected chi connectivity index (χ1v) is 12.0. The largest absolute Gasteiger partial charge is 0.469 e. The van der Waals surface area contributed by atoms with Crippen molar-refractivity contribution in [1.29, 1.82) is 0 Å². The van der Waals surface area contributed by atoms with Crippen molar-refractivity contribution in [3.8, 4) is 0 Å². The number of nitrogens with one attached hydrogen (secondary N) is 1. The molecule has 35 heavy (non-hydrogen) atoms. The minimum atomic E-state index is -0.531. The number of amides is 2. The Balaban J connectivity index is 1.63. The van der Waals surface area contributed by atoms with Crippen LogP contribution in [0.3, 0.4) is 0 Å². The lowest BCUT2D eigenvalue weighted by molar-refractivity contribution is -0.141. The van der Waals surface area contributed by atoms with Gasteiger partial charge in [0.25, 0.3) is 0 Å². The van der Waals surface area contributed by atoms with E-state index in [2.05, 4.69) is 10.2 Å². The van der Waals surface area contributed by atoms with Crippen LogP contribution in [0.4, 0.5) is 16.2 Å². The van der Waals surface area contributed by atoms with Crippen LogP contribution in [0.15, 0.2) is 54.6 Å². The standard InChI is InChI=1S/C27H37N3O5/c1-20(22-8-6-5-7-9-22)30(19-26(34-3)35-4)27(32)28-23-10-12-24(13-11-23)29-16-14-21(15-17-29)18-25(31)33-2/h5-13,20-21,26H,14-19H2,1-4H3,(H,28,32). The van der Waals surface area contributed by atoms with Crippen LogP contribution in [0.2, 0.25) is 0 Å². The Labute approximate surface area is 208 Å². The molecule has 1 unspecified atom stereocenters. The van der Waals surface area contributed by atoms with Crippen LogP contribution in [0.1, 0.15) is 37.8 Å². The van der Waals surface area contributed by atoms with Crippen LogP contribution >= 0.6 is 0 Å². The quantitative estimate of drug-likeness (QED) is 0.390. The summed E-state index contributed by atoms with van der Waals surface area (Å²) in [5.41, 5.74) is 2.85. The topological polar surface area (TPSA) is 80.3 Å². The lowest BCUT2D eigenvalue weighted by Gasteiger charge is -2.33. The zero-order valence-corrected chi connectivity index (χ0v) is 21.1. The zero-order valence-electron chi connectivity index (χ0n) is 21.1. The van der Waals surface area contributed by atoms with Crippen molar-refractivity contribution in [1.82, 2.24) is 4.90 Å². The number of rotatable bonds is 10. The molecule has 8 heteroatoms. The molecule has 1 aliphatic rings.